The third kappa shape index (κ3) is 3.98. The molecule has 0 radical (unpaired) electrons. The Hall–Kier alpha value is -4.14. The van der Waals surface area contributed by atoms with Crippen LogP contribution in [0.5, 0.6) is 11.6 Å². The van der Waals surface area contributed by atoms with E-state index < -0.39 is 0 Å². The van der Waals surface area contributed by atoms with E-state index in [4.69, 9.17) is 4.74 Å². The van der Waals surface area contributed by atoms with Crippen molar-refractivity contribution in [3.63, 3.8) is 0 Å². The molecule has 4 rings (SSSR count). The second kappa shape index (κ2) is 7.62. The zero-order valence-corrected chi connectivity index (χ0v) is 14.9. The molecule has 9 heteroatoms. The van der Waals surface area contributed by atoms with Gasteiger partial charge in [-0.25, -0.2) is 15.0 Å². The van der Waals surface area contributed by atoms with Crippen LogP contribution >= 0.6 is 0 Å². The summed E-state index contributed by atoms with van der Waals surface area (Å²) in [6.45, 7) is 1.79. The van der Waals surface area contributed by atoms with Gasteiger partial charge in [-0.3, -0.25) is 14.3 Å². The predicted molar refractivity (Wildman–Crippen MR) is 100 cm³/mol. The van der Waals surface area contributed by atoms with E-state index in [1.165, 1.54) is 18.6 Å². The van der Waals surface area contributed by atoms with E-state index in [0.717, 1.165) is 0 Å². The number of hydrogen-bond donors (Lipinski definition) is 1. The van der Waals surface area contributed by atoms with Crippen LogP contribution in [0.2, 0.25) is 0 Å². The fourth-order valence-electron chi connectivity index (χ4n) is 2.44. The predicted octanol–water partition coefficient (Wildman–Crippen LogP) is 2.81. The molecule has 0 saturated heterocycles. The second-order valence-electron chi connectivity index (χ2n) is 5.75. The number of benzene rings is 1. The van der Waals surface area contributed by atoms with Gasteiger partial charge < -0.3 is 10.1 Å². The van der Waals surface area contributed by atoms with Gasteiger partial charge in [0.05, 0.1) is 6.20 Å². The summed E-state index contributed by atoms with van der Waals surface area (Å²) in [7, 11) is 0. The van der Waals surface area contributed by atoms with Crippen LogP contribution in [0.4, 0.5) is 5.69 Å². The van der Waals surface area contributed by atoms with Crippen LogP contribution in [0.1, 0.15) is 16.3 Å². The lowest BCUT2D eigenvalue weighted by Crippen LogP contribution is -2.13. The van der Waals surface area contributed by atoms with E-state index in [1.807, 2.05) is 0 Å². The first-order valence-corrected chi connectivity index (χ1v) is 8.37. The summed E-state index contributed by atoms with van der Waals surface area (Å²) in [6.07, 6.45) is 9.50. The number of nitrogens with zero attached hydrogens (tertiary/aromatic N) is 6. The molecule has 0 bridgehead atoms. The Morgan fingerprint density at radius 2 is 1.93 bits per heavy atom. The van der Waals surface area contributed by atoms with Crippen molar-refractivity contribution in [2.24, 2.45) is 0 Å². The number of anilines is 1. The lowest BCUT2D eigenvalue weighted by Gasteiger charge is -2.09. The summed E-state index contributed by atoms with van der Waals surface area (Å²) in [4.78, 5) is 32.6. The smallest absolute Gasteiger partial charge is 0.275 e. The van der Waals surface area contributed by atoms with Gasteiger partial charge in [-0.2, -0.15) is 4.98 Å². The third-order valence-corrected chi connectivity index (χ3v) is 3.70. The van der Waals surface area contributed by atoms with Gasteiger partial charge in [-0.1, -0.05) is 0 Å². The number of nitrogens with one attached hydrogen (secondary N) is 1. The number of imidazole rings is 1. The van der Waals surface area contributed by atoms with E-state index in [0.29, 0.717) is 29.0 Å². The maximum atomic E-state index is 12.1. The summed E-state index contributed by atoms with van der Waals surface area (Å²) >= 11 is 0. The van der Waals surface area contributed by atoms with Gasteiger partial charge in [0.15, 0.2) is 0 Å². The van der Waals surface area contributed by atoms with E-state index in [9.17, 15) is 4.79 Å². The van der Waals surface area contributed by atoms with Gasteiger partial charge in [0, 0.05) is 36.5 Å². The van der Waals surface area contributed by atoms with Crippen molar-refractivity contribution in [1.29, 1.82) is 0 Å². The highest BCUT2D eigenvalue weighted by Gasteiger charge is 2.09. The molecular weight excluding hydrogens is 358 g/mol. The highest BCUT2D eigenvalue weighted by molar-refractivity contribution is 6.02. The number of carbonyl (C=O) groups is 1. The molecular formula is C19H15N7O2. The molecule has 0 unspecified atom stereocenters. The van der Waals surface area contributed by atoms with Gasteiger partial charge in [0.25, 0.3) is 5.91 Å². The molecule has 1 amide bonds. The molecule has 3 heterocycles. The monoisotopic (exact) mass is 373 g/mol. The maximum Gasteiger partial charge on any atom is 0.275 e. The largest absolute Gasteiger partial charge is 0.439 e. The minimum Gasteiger partial charge on any atom is -0.439 e. The van der Waals surface area contributed by atoms with Crippen molar-refractivity contribution in [1.82, 2.24) is 29.5 Å². The van der Waals surface area contributed by atoms with Gasteiger partial charge >= 0.3 is 0 Å². The van der Waals surface area contributed by atoms with Crippen LogP contribution in [0.25, 0.3) is 5.82 Å². The fraction of sp³-hybridized carbons (Fsp3) is 0.0526. The van der Waals surface area contributed by atoms with Crippen LogP contribution in [-0.4, -0.2) is 35.4 Å². The molecule has 28 heavy (non-hydrogen) atoms. The maximum absolute atomic E-state index is 12.1. The van der Waals surface area contributed by atoms with Crippen LogP contribution in [-0.2, 0) is 0 Å². The van der Waals surface area contributed by atoms with E-state index in [-0.39, 0.29) is 11.6 Å². The molecule has 0 fully saturated rings. The molecule has 0 spiro atoms. The van der Waals surface area contributed by atoms with Crippen molar-refractivity contribution in [2.45, 2.75) is 6.92 Å². The van der Waals surface area contributed by atoms with Gasteiger partial charge in [0.1, 0.15) is 29.4 Å². The number of aromatic nitrogens is 6. The van der Waals surface area contributed by atoms with Crippen molar-refractivity contribution in [3.8, 4) is 17.4 Å². The zero-order chi connectivity index (χ0) is 19.3. The van der Waals surface area contributed by atoms with Crippen molar-refractivity contribution >= 4 is 11.6 Å². The van der Waals surface area contributed by atoms with Gasteiger partial charge in [-0.05, 0) is 31.2 Å². The Kier molecular flexibility index (Phi) is 4.70. The van der Waals surface area contributed by atoms with E-state index in [1.54, 1.807) is 60.5 Å². The Bertz CT molecular complexity index is 1080. The lowest BCUT2D eigenvalue weighted by molar-refractivity contribution is 0.102. The molecule has 138 valence electrons. The Morgan fingerprint density at radius 1 is 1.07 bits per heavy atom. The van der Waals surface area contributed by atoms with E-state index in [2.05, 4.69) is 30.2 Å². The van der Waals surface area contributed by atoms with E-state index >= 15 is 0 Å². The Labute approximate surface area is 160 Å². The minimum absolute atomic E-state index is 0.242. The lowest BCUT2D eigenvalue weighted by atomic mass is 10.3. The molecule has 4 aromatic rings. The van der Waals surface area contributed by atoms with Crippen molar-refractivity contribution in [3.05, 3.63) is 79.2 Å². The first kappa shape index (κ1) is 17.3. The van der Waals surface area contributed by atoms with Crippen molar-refractivity contribution < 1.29 is 9.53 Å². The summed E-state index contributed by atoms with van der Waals surface area (Å²) < 4.78 is 7.59. The van der Waals surface area contributed by atoms with Gasteiger partial charge in [-0.15, -0.1) is 0 Å². The summed E-state index contributed by atoms with van der Waals surface area (Å²) in [5.74, 6) is 1.89. The molecule has 0 saturated carbocycles. The molecule has 0 aliphatic heterocycles. The SMILES string of the molecule is Cc1nc(Oc2ccc(NC(=O)c3cnccn3)cc2)cc(-n2ccnc2)n1. The number of hydrogen-bond acceptors (Lipinski definition) is 7. The van der Waals surface area contributed by atoms with Crippen LogP contribution in [0.15, 0.2) is 67.6 Å². The Morgan fingerprint density at radius 3 is 2.64 bits per heavy atom. The molecule has 0 aliphatic carbocycles. The minimum atomic E-state index is -0.335. The molecule has 1 N–H and O–H groups in total. The first-order chi connectivity index (χ1) is 13.7. The normalized spacial score (nSPS) is 10.5. The van der Waals surface area contributed by atoms with Gasteiger partial charge in [0.2, 0.25) is 5.88 Å². The molecule has 3 aromatic heterocycles. The molecule has 0 atom stereocenters. The highest BCUT2D eigenvalue weighted by Crippen LogP contribution is 2.23. The van der Waals surface area contributed by atoms with Crippen LogP contribution < -0.4 is 10.1 Å². The number of amides is 1. The fourth-order valence-corrected chi connectivity index (χ4v) is 2.44. The topological polar surface area (TPSA) is 108 Å². The molecule has 0 aliphatic rings. The van der Waals surface area contributed by atoms with Crippen LogP contribution in [0.3, 0.4) is 0 Å². The average Bonchev–Trinajstić information content (AvgIpc) is 3.25. The molecule has 9 nitrogen and oxygen atoms in total. The standard InChI is InChI=1S/C19H15N7O2/c1-13-23-17(26-9-8-21-12-26)10-18(24-13)28-15-4-2-14(3-5-15)25-19(27)16-11-20-6-7-22-16/h2-12H,1H3,(H,25,27). The summed E-state index contributed by atoms with van der Waals surface area (Å²) in [6, 6.07) is 8.66. The van der Waals surface area contributed by atoms with Crippen LogP contribution in [0, 0.1) is 6.92 Å². The number of rotatable bonds is 5. The zero-order valence-electron chi connectivity index (χ0n) is 14.9. The summed E-state index contributed by atoms with van der Waals surface area (Å²) in [5, 5.41) is 2.75. The number of carbonyl (C=O) groups excluding carboxylic acids is 1. The third-order valence-electron chi connectivity index (χ3n) is 3.70. The number of ether oxygens (including phenoxy) is 1. The summed E-state index contributed by atoms with van der Waals surface area (Å²) in [5.41, 5.74) is 0.854. The molecule has 1 aromatic carbocycles. The quantitative estimate of drug-likeness (QED) is 0.573. The number of aryl methyl sites for hydroxylation is 1. The second-order valence-corrected chi connectivity index (χ2v) is 5.75. The Balaban J connectivity index is 1.47. The average molecular weight is 373 g/mol. The van der Waals surface area contributed by atoms with Crippen molar-refractivity contribution in [2.75, 3.05) is 5.32 Å². The highest BCUT2D eigenvalue weighted by atomic mass is 16.5. The first-order valence-electron chi connectivity index (χ1n) is 8.37.